The summed E-state index contributed by atoms with van der Waals surface area (Å²) >= 11 is 0. The Morgan fingerprint density at radius 3 is 2.36 bits per heavy atom. The van der Waals surface area contributed by atoms with E-state index in [2.05, 4.69) is 15.8 Å². The van der Waals surface area contributed by atoms with Crippen LogP contribution < -0.4 is 10.6 Å². The molecule has 4 N–H and O–H groups in total. The van der Waals surface area contributed by atoms with E-state index in [-0.39, 0.29) is 25.5 Å². The van der Waals surface area contributed by atoms with Gasteiger partial charge in [0.15, 0.2) is 0 Å². The Kier molecular flexibility index (Phi) is 9.35. The Hall–Kier alpha value is -1.67. The Balaban J connectivity index is 3.99. The van der Waals surface area contributed by atoms with Crippen molar-refractivity contribution in [2.24, 2.45) is 10.6 Å². The average molecular weight is 317 g/mol. The van der Waals surface area contributed by atoms with Gasteiger partial charge >= 0.3 is 0 Å². The normalized spacial score (nSPS) is 13.6. The second-order valence-electron chi connectivity index (χ2n) is 5.80. The van der Waals surface area contributed by atoms with Crippen LogP contribution in [0, 0.1) is 5.41 Å². The molecule has 128 valence electrons. The van der Waals surface area contributed by atoms with Crippen LogP contribution in [0.25, 0.3) is 0 Å². The van der Waals surface area contributed by atoms with Crippen molar-refractivity contribution in [2.45, 2.75) is 39.7 Å². The van der Waals surface area contributed by atoms with E-state index in [1.54, 1.807) is 20.8 Å². The number of rotatable bonds is 10. The molecule has 0 aromatic heterocycles. The summed E-state index contributed by atoms with van der Waals surface area (Å²) in [6.45, 7) is 5.84. The molecule has 0 heterocycles. The highest BCUT2D eigenvalue weighted by molar-refractivity contribution is 5.83. The summed E-state index contributed by atoms with van der Waals surface area (Å²) in [5.74, 6) is -0.755. The van der Waals surface area contributed by atoms with Crippen molar-refractivity contribution >= 4 is 17.5 Å². The molecule has 8 heteroatoms. The molecule has 0 aliphatic heterocycles. The number of carbonyl (C=O) groups is 2. The van der Waals surface area contributed by atoms with Gasteiger partial charge in [0.25, 0.3) is 0 Å². The van der Waals surface area contributed by atoms with E-state index in [1.165, 1.54) is 7.11 Å². The molecule has 0 aliphatic carbocycles. The lowest BCUT2D eigenvalue weighted by molar-refractivity contribution is -0.137. The maximum absolute atomic E-state index is 11.8. The topological polar surface area (TPSA) is 120 Å². The van der Waals surface area contributed by atoms with Gasteiger partial charge < -0.3 is 25.7 Å². The standard InChI is InChI=1S/C14H27N3O5/c1-10(17-21)5-7-15-11(18)6-8-16-13(20)12(19)14(2,3)9-22-4/h12,19,21H,5-9H2,1-4H3,(H,15,18)(H,16,20)/b17-10+/t12-/m0/s1. The van der Waals surface area contributed by atoms with Crippen molar-refractivity contribution in [2.75, 3.05) is 26.8 Å². The van der Waals surface area contributed by atoms with Gasteiger partial charge in [-0.1, -0.05) is 19.0 Å². The number of ether oxygens (including phenoxy) is 1. The number of nitrogens with one attached hydrogen (secondary N) is 2. The minimum Gasteiger partial charge on any atom is -0.411 e. The fraction of sp³-hybridized carbons (Fsp3) is 0.786. The molecule has 0 saturated heterocycles. The van der Waals surface area contributed by atoms with Gasteiger partial charge in [0, 0.05) is 38.5 Å². The van der Waals surface area contributed by atoms with Crippen LogP contribution in [0.1, 0.15) is 33.6 Å². The second kappa shape index (κ2) is 10.1. The highest BCUT2D eigenvalue weighted by Crippen LogP contribution is 2.20. The summed E-state index contributed by atoms with van der Waals surface area (Å²) in [5, 5.41) is 26.5. The Labute approximate surface area is 130 Å². The van der Waals surface area contributed by atoms with E-state index >= 15 is 0 Å². The first-order valence-electron chi connectivity index (χ1n) is 7.13. The molecule has 0 spiro atoms. The summed E-state index contributed by atoms with van der Waals surface area (Å²) in [4.78, 5) is 23.3. The summed E-state index contributed by atoms with van der Waals surface area (Å²) in [5.41, 5.74) is -0.181. The number of aliphatic hydroxyl groups is 1. The number of nitrogens with zero attached hydrogens (tertiary/aromatic N) is 1. The maximum atomic E-state index is 11.8. The number of hydrogen-bond donors (Lipinski definition) is 4. The molecule has 0 aliphatic rings. The molecule has 0 aromatic rings. The predicted octanol–water partition coefficient (Wildman–Crippen LogP) is -0.117. The number of amides is 2. The van der Waals surface area contributed by atoms with Crippen LogP contribution in [0.4, 0.5) is 0 Å². The van der Waals surface area contributed by atoms with Gasteiger partial charge in [-0.25, -0.2) is 0 Å². The molecule has 0 radical (unpaired) electrons. The van der Waals surface area contributed by atoms with Crippen LogP contribution in [0.5, 0.6) is 0 Å². The summed E-state index contributed by atoms with van der Waals surface area (Å²) in [7, 11) is 1.50. The fourth-order valence-electron chi connectivity index (χ4n) is 1.72. The highest BCUT2D eigenvalue weighted by atomic mass is 16.5. The molecule has 22 heavy (non-hydrogen) atoms. The first-order valence-corrected chi connectivity index (χ1v) is 7.13. The number of oxime groups is 1. The zero-order valence-corrected chi connectivity index (χ0v) is 13.7. The van der Waals surface area contributed by atoms with Crippen LogP contribution in [-0.4, -0.2) is 60.7 Å². The summed E-state index contributed by atoms with van der Waals surface area (Å²) < 4.78 is 4.96. The van der Waals surface area contributed by atoms with Crippen molar-refractivity contribution < 1.29 is 24.6 Å². The van der Waals surface area contributed by atoms with Crippen molar-refractivity contribution in [1.82, 2.24) is 10.6 Å². The van der Waals surface area contributed by atoms with Crippen molar-refractivity contribution in [3.63, 3.8) is 0 Å². The van der Waals surface area contributed by atoms with Crippen molar-refractivity contribution in [3.8, 4) is 0 Å². The first kappa shape index (κ1) is 20.3. The van der Waals surface area contributed by atoms with Crippen molar-refractivity contribution in [1.29, 1.82) is 0 Å². The van der Waals surface area contributed by atoms with Crippen LogP contribution in [0.2, 0.25) is 0 Å². The first-order chi connectivity index (χ1) is 10.2. The monoisotopic (exact) mass is 317 g/mol. The largest absolute Gasteiger partial charge is 0.411 e. The number of methoxy groups -OCH3 is 1. The molecular weight excluding hydrogens is 290 g/mol. The maximum Gasteiger partial charge on any atom is 0.249 e. The lowest BCUT2D eigenvalue weighted by atomic mass is 9.87. The van der Waals surface area contributed by atoms with Crippen LogP contribution in [-0.2, 0) is 14.3 Å². The van der Waals surface area contributed by atoms with Gasteiger partial charge in [0.1, 0.15) is 6.10 Å². The number of aliphatic hydroxyl groups excluding tert-OH is 1. The van der Waals surface area contributed by atoms with Gasteiger partial charge in [-0.05, 0) is 6.92 Å². The van der Waals surface area contributed by atoms with E-state index in [0.717, 1.165) is 0 Å². The van der Waals surface area contributed by atoms with Gasteiger partial charge in [0.2, 0.25) is 11.8 Å². The van der Waals surface area contributed by atoms with Gasteiger partial charge in [0.05, 0.1) is 12.3 Å². The van der Waals surface area contributed by atoms with Gasteiger partial charge in [-0.3, -0.25) is 9.59 Å². The minimum absolute atomic E-state index is 0.110. The quantitative estimate of drug-likeness (QED) is 0.254. The summed E-state index contributed by atoms with van der Waals surface area (Å²) in [6.07, 6.45) is -0.643. The third kappa shape index (κ3) is 7.94. The van der Waals surface area contributed by atoms with Gasteiger partial charge in [-0.2, -0.15) is 0 Å². The summed E-state index contributed by atoms with van der Waals surface area (Å²) in [6, 6.07) is 0. The third-order valence-electron chi connectivity index (χ3n) is 3.14. The molecule has 8 nitrogen and oxygen atoms in total. The average Bonchev–Trinajstić information content (AvgIpc) is 2.45. The second-order valence-corrected chi connectivity index (χ2v) is 5.80. The van der Waals surface area contributed by atoms with E-state index in [0.29, 0.717) is 18.7 Å². The molecule has 2 amide bonds. The zero-order chi connectivity index (χ0) is 17.2. The third-order valence-corrected chi connectivity index (χ3v) is 3.14. The van der Waals surface area contributed by atoms with E-state index < -0.39 is 17.4 Å². The van der Waals surface area contributed by atoms with E-state index in [1.807, 2.05) is 0 Å². The van der Waals surface area contributed by atoms with Crippen LogP contribution >= 0.6 is 0 Å². The predicted molar refractivity (Wildman–Crippen MR) is 81.8 cm³/mol. The zero-order valence-electron chi connectivity index (χ0n) is 13.7. The van der Waals surface area contributed by atoms with Crippen LogP contribution in [0.15, 0.2) is 5.16 Å². The molecule has 0 bridgehead atoms. The Bertz CT molecular complexity index is 396. The lowest BCUT2D eigenvalue weighted by Gasteiger charge is -2.28. The Morgan fingerprint density at radius 2 is 1.82 bits per heavy atom. The molecule has 1 atom stereocenters. The minimum atomic E-state index is -1.21. The molecule has 0 fully saturated rings. The smallest absolute Gasteiger partial charge is 0.249 e. The van der Waals surface area contributed by atoms with Gasteiger partial charge in [-0.15, -0.1) is 0 Å². The van der Waals surface area contributed by atoms with Crippen molar-refractivity contribution in [3.05, 3.63) is 0 Å². The molecular formula is C14H27N3O5. The van der Waals surface area contributed by atoms with E-state index in [9.17, 15) is 14.7 Å². The lowest BCUT2D eigenvalue weighted by Crippen LogP contribution is -2.46. The fourth-order valence-corrected chi connectivity index (χ4v) is 1.72. The highest BCUT2D eigenvalue weighted by Gasteiger charge is 2.33. The SMILES string of the molecule is COCC(C)(C)[C@@H](O)C(=O)NCCC(=O)NCC/C(C)=N/O. The molecule has 0 aromatic carbocycles. The molecule has 0 saturated carbocycles. The number of hydrogen-bond acceptors (Lipinski definition) is 6. The molecule has 0 unspecified atom stereocenters. The van der Waals surface area contributed by atoms with Crippen LogP contribution in [0.3, 0.4) is 0 Å². The Morgan fingerprint density at radius 1 is 1.23 bits per heavy atom. The molecule has 0 rings (SSSR count). The van der Waals surface area contributed by atoms with E-state index in [4.69, 9.17) is 9.94 Å². The number of carbonyl (C=O) groups excluding carboxylic acids is 2.